The number of alkyl halides is 3. The molecule has 45 heavy (non-hydrogen) atoms. The van der Waals surface area contributed by atoms with Gasteiger partial charge in [0.15, 0.2) is 0 Å². The second-order valence-electron chi connectivity index (χ2n) is 11.6. The Morgan fingerprint density at radius 2 is 1.69 bits per heavy atom. The predicted molar refractivity (Wildman–Crippen MR) is 166 cm³/mol. The van der Waals surface area contributed by atoms with Crippen molar-refractivity contribution < 1.29 is 32.9 Å². The van der Waals surface area contributed by atoms with E-state index in [-0.39, 0.29) is 11.5 Å². The van der Waals surface area contributed by atoms with Crippen molar-refractivity contribution in [1.29, 1.82) is 0 Å². The van der Waals surface area contributed by atoms with Gasteiger partial charge in [-0.3, -0.25) is 9.69 Å². The van der Waals surface area contributed by atoms with Crippen LogP contribution >= 0.6 is 0 Å². The van der Waals surface area contributed by atoms with Crippen molar-refractivity contribution in [2.24, 2.45) is 0 Å². The number of aromatic nitrogens is 1. The van der Waals surface area contributed by atoms with E-state index in [9.17, 15) is 28.2 Å². The van der Waals surface area contributed by atoms with E-state index < -0.39 is 18.4 Å². The van der Waals surface area contributed by atoms with E-state index in [1.807, 2.05) is 54.3 Å². The molecule has 0 bridgehead atoms. The lowest BCUT2D eigenvalue weighted by Gasteiger charge is -2.21. The third-order valence-corrected chi connectivity index (χ3v) is 8.61. The van der Waals surface area contributed by atoms with Crippen LogP contribution in [0.3, 0.4) is 0 Å². The second-order valence-corrected chi connectivity index (χ2v) is 11.6. The third-order valence-electron chi connectivity index (χ3n) is 8.61. The molecule has 1 saturated heterocycles. The van der Waals surface area contributed by atoms with Gasteiger partial charge in [-0.25, -0.2) is 0 Å². The zero-order chi connectivity index (χ0) is 31.7. The molecule has 232 valence electrons. The molecule has 6 rings (SSSR count). The Hall–Kier alpha value is -4.76. The normalized spacial score (nSPS) is 15.5. The molecule has 6 nitrogen and oxygen atoms in total. The van der Waals surface area contributed by atoms with Crippen molar-refractivity contribution in [1.82, 2.24) is 9.47 Å². The summed E-state index contributed by atoms with van der Waals surface area (Å²) in [4.78, 5) is 13.7. The lowest BCUT2D eigenvalue weighted by Crippen LogP contribution is -2.35. The minimum absolute atomic E-state index is 0.129. The SMILES string of the molecule is Cc1c(Cc2cn(Cc3ccccc3)c3cc(CN4CCC[C@H]4C(=O)O)c(O)cc23)cccc1-c1ccc(OC(F)(F)F)cc1. The number of carbonyl (C=O) groups is 1. The fourth-order valence-electron chi connectivity index (χ4n) is 6.36. The molecule has 5 aromatic rings. The zero-order valence-corrected chi connectivity index (χ0v) is 24.7. The average molecular weight is 615 g/mol. The Morgan fingerprint density at radius 3 is 2.40 bits per heavy atom. The molecule has 9 heteroatoms. The number of aromatic hydroxyl groups is 1. The number of carboxylic acids is 1. The van der Waals surface area contributed by atoms with E-state index >= 15 is 0 Å². The molecule has 1 atom stereocenters. The van der Waals surface area contributed by atoms with Gasteiger partial charge in [0.2, 0.25) is 0 Å². The number of benzene rings is 4. The highest BCUT2D eigenvalue weighted by Crippen LogP contribution is 2.35. The van der Waals surface area contributed by atoms with E-state index in [1.165, 1.54) is 12.1 Å². The van der Waals surface area contributed by atoms with Crippen molar-refractivity contribution in [3.8, 4) is 22.6 Å². The Morgan fingerprint density at radius 1 is 0.933 bits per heavy atom. The number of halogens is 3. The van der Waals surface area contributed by atoms with Crippen molar-refractivity contribution in [2.45, 2.75) is 51.7 Å². The van der Waals surface area contributed by atoms with Gasteiger partial charge in [0.05, 0.1) is 0 Å². The highest BCUT2D eigenvalue weighted by atomic mass is 19.4. The van der Waals surface area contributed by atoms with E-state index in [1.54, 1.807) is 18.2 Å². The molecule has 0 saturated carbocycles. The first kappa shape index (κ1) is 30.3. The molecule has 2 N–H and O–H groups in total. The number of nitrogens with zero attached hydrogens (tertiary/aromatic N) is 2. The maximum absolute atomic E-state index is 12.6. The molecule has 0 aliphatic carbocycles. The van der Waals surface area contributed by atoms with Gasteiger partial charge in [-0.15, -0.1) is 13.2 Å². The number of aliphatic carboxylic acids is 1. The predicted octanol–water partition coefficient (Wildman–Crippen LogP) is 7.91. The maximum atomic E-state index is 12.6. The largest absolute Gasteiger partial charge is 0.573 e. The molecule has 1 aliphatic rings. The third kappa shape index (κ3) is 6.68. The zero-order valence-electron chi connectivity index (χ0n) is 24.7. The Balaban J connectivity index is 1.35. The van der Waals surface area contributed by atoms with Crippen LogP contribution in [0.25, 0.3) is 22.0 Å². The number of likely N-dealkylation sites (tertiary alicyclic amines) is 1. The molecule has 0 radical (unpaired) electrons. The minimum Gasteiger partial charge on any atom is -0.508 e. The quantitative estimate of drug-likeness (QED) is 0.177. The van der Waals surface area contributed by atoms with Gasteiger partial charge in [0.1, 0.15) is 17.5 Å². The Bertz CT molecular complexity index is 1830. The summed E-state index contributed by atoms with van der Waals surface area (Å²) in [6.07, 6.45) is -0.679. The van der Waals surface area contributed by atoms with E-state index in [0.29, 0.717) is 38.0 Å². The molecule has 1 aliphatic heterocycles. The summed E-state index contributed by atoms with van der Waals surface area (Å²) >= 11 is 0. The summed E-state index contributed by atoms with van der Waals surface area (Å²) in [6, 6.07) is 25.1. The van der Waals surface area contributed by atoms with Crippen LogP contribution in [0.5, 0.6) is 11.5 Å². The van der Waals surface area contributed by atoms with Gasteiger partial charge in [-0.1, -0.05) is 60.7 Å². The molecule has 4 aromatic carbocycles. The van der Waals surface area contributed by atoms with Gasteiger partial charge < -0.3 is 19.5 Å². The minimum atomic E-state index is -4.75. The fourth-order valence-corrected chi connectivity index (χ4v) is 6.36. The number of phenolic OH excluding ortho intramolecular Hbond substituents is 1. The standard InChI is InChI=1S/C36H33F3N2O4/c1-23-26(9-5-10-30(23)25-12-14-29(15-13-25)45-36(37,38)39)17-27-21-41(20-24-7-3-2-4-8-24)33-18-28(34(42)19-31(27)33)22-40-16-6-11-32(40)35(43)44/h2-5,7-10,12-15,18-19,21,32,42H,6,11,16-17,20,22H2,1H3,(H,43,44)/t32-/m0/s1. The summed E-state index contributed by atoms with van der Waals surface area (Å²) in [7, 11) is 0. The molecule has 2 heterocycles. The summed E-state index contributed by atoms with van der Waals surface area (Å²) in [6.45, 7) is 3.63. The highest BCUT2D eigenvalue weighted by Gasteiger charge is 2.32. The summed E-state index contributed by atoms with van der Waals surface area (Å²) in [5.74, 6) is -0.983. The van der Waals surface area contributed by atoms with Crippen molar-refractivity contribution in [2.75, 3.05) is 6.54 Å². The summed E-state index contributed by atoms with van der Waals surface area (Å²) < 4.78 is 44.1. The molecule has 0 unspecified atom stereocenters. The first-order valence-corrected chi connectivity index (χ1v) is 14.8. The van der Waals surface area contributed by atoms with Crippen LogP contribution in [0.4, 0.5) is 13.2 Å². The van der Waals surface area contributed by atoms with Crippen LogP contribution in [-0.2, 0) is 24.3 Å². The van der Waals surface area contributed by atoms with Crippen LogP contribution in [0.2, 0.25) is 0 Å². The monoisotopic (exact) mass is 614 g/mol. The number of rotatable bonds is 9. The lowest BCUT2D eigenvalue weighted by atomic mass is 9.93. The van der Waals surface area contributed by atoms with Gasteiger partial charge in [0.25, 0.3) is 0 Å². The first-order chi connectivity index (χ1) is 21.6. The number of hydrogen-bond donors (Lipinski definition) is 2. The Kier molecular flexibility index (Phi) is 8.29. The van der Waals surface area contributed by atoms with Gasteiger partial charge in [-0.2, -0.15) is 0 Å². The van der Waals surface area contributed by atoms with Gasteiger partial charge in [-0.05, 0) is 90.4 Å². The smallest absolute Gasteiger partial charge is 0.508 e. The van der Waals surface area contributed by atoms with Crippen molar-refractivity contribution >= 4 is 16.9 Å². The van der Waals surface area contributed by atoms with Crippen LogP contribution in [-0.4, -0.2) is 44.6 Å². The Labute approximate surface area is 258 Å². The van der Waals surface area contributed by atoms with Gasteiger partial charge >= 0.3 is 12.3 Å². The van der Waals surface area contributed by atoms with E-state index in [0.717, 1.165) is 50.7 Å². The number of carboxylic acid groups (broad SMARTS) is 1. The number of hydrogen-bond acceptors (Lipinski definition) is 4. The van der Waals surface area contributed by atoms with Crippen molar-refractivity contribution in [3.05, 3.63) is 119 Å². The molecule has 0 spiro atoms. The summed E-state index contributed by atoms with van der Waals surface area (Å²) in [5.41, 5.74) is 7.50. The maximum Gasteiger partial charge on any atom is 0.573 e. The van der Waals surface area contributed by atoms with Gasteiger partial charge in [0, 0.05) is 35.8 Å². The topological polar surface area (TPSA) is 74.9 Å². The summed E-state index contributed by atoms with van der Waals surface area (Å²) in [5, 5.41) is 21.7. The van der Waals surface area contributed by atoms with Crippen LogP contribution < -0.4 is 4.74 Å². The van der Waals surface area contributed by atoms with E-state index in [2.05, 4.69) is 27.6 Å². The van der Waals surface area contributed by atoms with Crippen LogP contribution in [0.15, 0.2) is 91.1 Å². The molecule has 0 amide bonds. The van der Waals surface area contributed by atoms with Crippen LogP contribution in [0, 0.1) is 6.92 Å². The first-order valence-electron chi connectivity index (χ1n) is 14.8. The molecule has 1 fully saturated rings. The average Bonchev–Trinajstić information content (AvgIpc) is 3.59. The lowest BCUT2D eigenvalue weighted by molar-refractivity contribution is -0.274. The highest BCUT2D eigenvalue weighted by molar-refractivity contribution is 5.87. The van der Waals surface area contributed by atoms with Crippen molar-refractivity contribution in [3.63, 3.8) is 0 Å². The van der Waals surface area contributed by atoms with Crippen LogP contribution in [0.1, 0.15) is 40.7 Å². The molecule has 1 aromatic heterocycles. The molecular formula is C36H33F3N2O4. The number of fused-ring (bicyclic) bond motifs is 1. The molecular weight excluding hydrogens is 581 g/mol. The second kappa shape index (κ2) is 12.3. The van der Waals surface area contributed by atoms with E-state index in [4.69, 9.17) is 0 Å². The fraction of sp³-hybridized carbons (Fsp3) is 0.250. The number of ether oxygens (including phenoxy) is 1. The number of phenols is 1.